The van der Waals surface area contributed by atoms with E-state index in [9.17, 15) is 29.3 Å². The van der Waals surface area contributed by atoms with Gasteiger partial charge in [-0.2, -0.15) is 0 Å². The van der Waals surface area contributed by atoms with E-state index in [4.69, 9.17) is 16.3 Å². The van der Waals surface area contributed by atoms with Crippen LogP contribution in [0.25, 0.3) is 0 Å². The number of imide groups is 1. The van der Waals surface area contributed by atoms with Gasteiger partial charge in [-0.05, 0) is 55.0 Å². The SMILES string of the molecule is Cc1c(Cl)cccc1N1C(=O)c2ccc(C(=O)O[C@H](C(=O)c3ccccc3)c3ccc([N+](=O)[O-])cc3)cc2C1=O. The lowest BCUT2D eigenvalue weighted by molar-refractivity contribution is -0.384. The molecule has 1 aliphatic heterocycles. The Kier molecular flexibility index (Phi) is 6.98. The van der Waals surface area contributed by atoms with E-state index in [-0.39, 0.29) is 33.5 Å². The number of non-ortho nitro benzene ring substituents is 1. The van der Waals surface area contributed by atoms with E-state index in [1.54, 1.807) is 55.5 Å². The van der Waals surface area contributed by atoms with Crippen molar-refractivity contribution in [3.8, 4) is 0 Å². The molecule has 10 heteroatoms. The largest absolute Gasteiger partial charge is 0.445 e. The molecule has 0 aliphatic carbocycles. The van der Waals surface area contributed by atoms with Crippen LogP contribution in [-0.4, -0.2) is 28.5 Å². The van der Waals surface area contributed by atoms with Gasteiger partial charge in [-0.1, -0.05) is 48.0 Å². The van der Waals surface area contributed by atoms with Crippen LogP contribution in [0.3, 0.4) is 0 Å². The topological polar surface area (TPSA) is 124 Å². The number of halogens is 1. The molecular formula is C30H19ClN2O7. The molecule has 1 atom stereocenters. The first kappa shape index (κ1) is 26.5. The third kappa shape index (κ3) is 4.74. The monoisotopic (exact) mass is 554 g/mol. The molecule has 0 bridgehead atoms. The van der Waals surface area contributed by atoms with Gasteiger partial charge in [-0.3, -0.25) is 24.5 Å². The van der Waals surface area contributed by atoms with Crippen molar-refractivity contribution in [2.24, 2.45) is 0 Å². The van der Waals surface area contributed by atoms with Crippen molar-refractivity contribution in [3.05, 3.63) is 140 Å². The van der Waals surface area contributed by atoms with Gasteiger partial charge in [0.1, 0.15) is 0 Å². The number of esters is 1. The van der Waals surface area contributed by atoms with Crippen LogP contribution in [0.1, 0.15) is 58.7 Å². The lowest BCUT2D eigenvalue weighted by atomic mass is 9.99. The van der Waals surface area contributed by atoms with Crippen molar-refractivity contribution < 1.29 is 28.8 Å². The molecule has 0 radical (unpaired) electrons. The molecule has 0 saturated carbocycles. The van der Waals surface area contributed by atoms with E-state index in [2.05, 4.69) is 0 Å². The predicted octanol–water partition coefficient (Wildman–Crippen LogP) is 6.14. The van der Waals surface area contributed by atoms with E-state index >= 15 is 0 Å². The maximum absolute atomic E-state index is 13.3. The number of rotatable bonds is 7. The van der Waals surface area contributed by atoms with Crippen molar-refractivity contribution in [2.75, 3.05) is 4.90 Å². The highest BCUT2D eigenvalue weighted by atomic mass is 35.5. The van der Waals surface area contributed by atoms with Crippen molar-refractivity contribution >= 4 is 46.5 Å². The fraction of sp³-hybridized carbons (Fsp3) is 0.0667. The quantitative estimate of drug-likeness (QED) is 0.0883. The normalized spacial score (nSPS) is 13.1. The number of amides is 2. The highest BCUT2D eigenvalue weighted by Crippen LogP contribution is 2.34. The molecule has 4 aromatic rings. The number of ether oxygens (including phenoxy) is 1. The zero-order valence-corrected chi connectivity index (χ0v) is 21.6. The second kappa shape index (κ2) is 10.5. The van der Waals surface area contributed by atoms with Gasteiger partial charge in [0.15, 0.2) is 6.10 Å². The maximum atomic E-state index is 13.3. The molecule has 0 aromatic heterocycles. The molecule has 1 aliphatic rings. The number of nitrogens with zero attached hydrogens (tertiary/aromatic N) is 2. The molecular weight excluding hydrogens is 536 g/mol. The van der Waals surface area contributed by atoms with Crippen LogP contribution in [0.5, 0.6) is 0 Å². The average molecular weight is 555 g/mol. The van der Waals surface area contributed by atoms with E-state index in [1.807, 2.05) is 0 Å². The number of fused-ring (bicyclic) bond motifs is 1. The summed E-state index contributed by atoms with van der Waals surface area (Å²) in [5.74, 6) is -2.66. The van der Waals surface area contributed by atoms with E-state index in [0.29, 0.717) is 16.3 Å². The first-order chi connectivity index (χ1) is 19.2. The Hall–Kier alpha value is -5.15. The molecule has 0 fully saturated rings. The third-order valence-electron chi connectivity index (χ3n) is 6.53. The number of anilines is 1. The van der Waals surface area contributed by atoms with E-state index in [0.717, 1.165) is 4.90 Å². The number of benzene rings is 4. The Morgan fingerprint density at radius 1 is 0.850 bits per heavy atom. The second-order valence-electron chi connectivity index (χ2n) is 8.95. The second-order valence-corrected chi connectivity index (χ2v) is 9.36. The number of carbonyl (C=O) groups excluding carboxylic acids is 4. The predicted molar refractivity (Wildman–Crippen MR) is 146 cm³/mol. The average Bonchev–Trinajstić information content (AvgIpc) is 3.22. The van der Waals surface area contributed by atoms with Crippen LogP contribution in [-0.2, 0) is 4.74 Å². The summed E-state index contributed by atoms with van der Waals surface area (Å²) in [5.41, 5.74) is 1.22. The zero-order chi connectivity index (χ0) is 28.6. The smallest absolute Gasteiger partial charge is 0.339 e. The lowest BCUT2D eigenvalue weighted by Gasteiger charge is -2.18. The number of hydrogen-bond acceptors (Lipinski definition) is 7. The van der Waals surface area contributed by atoms with Crippen LogP contribution in [0, 0.1) is 17.0 Å². The first-order valence-electron chi connectivity index (χ1n) is 12.0. The minimum Gasteiger partial charge on any atom is -0.445 e. The molecule has 5 rings (SSSR count). The van der Waals surface area contributed by atoms with Crippen LogP contribution >= 0.6 is 11.6 Å². The minimum absolute atomic E-state index is 0.0000901. The van der Waals surface area contributed by atoms with Gasteiger partial charge in [-0.25, -0.2) is 9.69 Å². The Labute approximate surface area is 232 Å². The summed E-state index contributed by atoms with van der Waals surface area (Å²) in [4.78, 5) is 64.5. The summed E-state index contributed by atoms with van der Waals surface area (Å²) in [6.07, 6.45) is -1.42. The first-order valence-corrected chi connectivity index (χ1v) is 12.4. The van der Waals surface area contributed by atoms with Gasteiger partial charge in [0, 0.05) is 28.3 Å². The van der Waals surface area contributed by atoms with E-state index < -0.39 is 34.6 Å². The number of nitro benzene ring substituents is 1. The molecule has 2 amide bonds. The van der Waals surface area contributed by atoms with Crippen molar-refractivity contribution in [2.45, 2.75) is 13.0 Å². The third-order valence-corrected chi connectivity index (χ3v) is 6.94. The summed E-state index contributed by atoms with van der Waals surface area (Å²) in [7, 11) is 0. The van der Waals surface area contributed by atoms with Gasteiger partial charge in [-0.15, -0.1) is 0 Å². The van der Waals surface area contributed by atoms with Gasteiger partial charge in [0.25, 0.3) is 17.5 Å². The highest BCUT2D eigenvalue weighted by Gasteiger charge is 2.38. The molecule has 0 spiro atoms. The summed E-state index contributed by atoms with van der Waals surface area (Å²) in [6, 6.07) is 22.0. The molecule has 198 valence electrons. The Balaban J connectivity index is 1.47. The molecule has 9 nitrogen and oxygen atoms in total. The summed E-state index contributed by atoms with van der Waals surface area (Å²) < 4.78 is 5.62. The lowest BCUT2D eigenvalue weighted by Crippen LogP contribution is -2.30. The van der Waals surface area contributed by atoms with Crippen LogP contribution in [0.15, 0.2) is 91.0 Å². The number of carbonyl (C=O) groups is 4. The van der Waals surface area contributed by atoms with Crippen molar-refractivity contribution in [1.29, 1.82) is 0 Å². The highest BCUT2D eigenvalue weighted by molar-refractivity contribution is 6.36. The molecule has 40 heavy (non-hydrogen) atoms. The molecule has 1 heterocycles. The van der Waals surface area contributed by atoms with Crippen molar-refractivity contribution in [3.63, 3.8) is 0 Å². The number of ketones is 1. The standard InChI is InChI=1S/C30H19ClN2O7/c1-17-24(31)8-5-9-25(17)32-28(35)22-15-12-20(16-23(22)29(32)36)30(37)40-27(26(34)18-6-3-2-4-7-18)19-10-13-21(14-11-19)33(38)39/h2-16,27H,1H3/t27-/m0/s1. The Morgan fingerprint density at radius 3 is 2.20 bits per heavy atom. The zero-order valence-electron chi connectivity index (χ0n) is 20.9. The summed E-state index contributed by atoms with van der Waals surface area (Å²) in [6.45, 7) is 1.69. The van der Waals surface area contributed by atoms with Crippen LogP contribution < -0.4 is 4.90 Å². The van der Waals surface area contributed by atoms with Crippen molar-refractivity contribution in [1.82, 2.24) is 0 Å². The molecule has 0 saturated heterocycles. The van der Waals surface area contributed by atoms with Crippen LogP contribution in [0.4, 0.5) is 11.4 Å². The fourth-order valence-electron chi connectivity index (χ4n) is 4.40. The Bertz CT molecular complexity index is 1700. The minimum atomic E-state index is -1.42. The maximum Gasteiger partial charge on any atom is 0.339 e. The number of Topliss-reactive ketones (excluding diaryl/α,β-unsaturated/α-hetero) is 1. The number of hydrogen-bond donors (Lipinski definition) is 0. The van der Waals surface area contributed by atoms with Gasteiger partial charge in [0.2, 0.25) is 5.78 Å². The van der Waals surface area contributed by atoms with Gasteiger partial charge < -0.3 is 4.74 Å². The summed E-state index contributed by atoms with van der Waals surface area (Å²) in [5, 5.41) is 11.5. The van der Waals surface area contributed by atoms with E-state index in [1.165, 1.54) is 42.5 Å². The molecule has 0 N–H and O–H groups in total. The van der Waals surface area contributed by atoms with Gasteiger partial charge in [0.05, 0.1) is 27.3 Å². The molecule has 0 unspecified atom stereocenters. The Morgan fingerprint density at radius 2 is 1.52 bits per heavy atom. The van der Waals surface area contributed by atoms with Crippen LogP contribution in [0.2, 0.25) is 5.02 Å². The number of nitro groups is 1. The van der Waals surface area contributed by atoms with Gasteiger partial charge >= 0.3 is 5.97 Å². The fourth-order valence-corrected chi connectivity index (χ4v) is 4.57. The molecule has 4 aromatic carbocycles. The summed E-state index contributed by atoms with van der Waals surface area (Å²) >= 11 is 6.19.